The zero-order chi connectivity index (χ0) is 20.6. The van der Waals surface area contributed by atoms with E-state index in [1.54, 1.807) is 0 Å². The van der Waals surface area contributed by atoms with Gasteiger partial charge in [-0.05, 0) is 30.4 Å². The summed E-state index contributed by atoms with van der Waals surface area (Å²) in [7, 11) is -7.38. The Morgan fingerprint density at radius 1 is 0.786 bits per heavy atom. The van der Waals surface area contributed by atoms with Gasteiger partial charge < -0.3 is 0 Å². The molecule has 0 fully saturated rings. The maximum Gasteiger partial charge on any atom is 0.264 e. The van der Waals surface area contributed by atoms with Crippen molar-refractivity contribution in [2.75, 3.05) is 19.1 Å². The van der Waals surface area contributed by atoms with Crippen molar-refractivity contribution in [3.05, 3.63) is 71.8 Å². The normalized spacial score (nSPS) is 14.5. The Bertz CT molecular complexity index is 925. The lowest BCUT2D eigenvalue weighted by atomic mass is 9.91. The van der Waals surface area contributed by atoms with Crippen LogP contribution in [-0.4, -0.2) is 42.1 Å². The van der Waals surface area contributed by atoms with Crippen LogP contribution < -0.4 is 0 Å². The van der Waals surface area contributed by atoms with Crippen LogP contribution in [0.3, 0.4) is 0 Å². The third-order valence-electron chi connectivity index (χ3n) is 4.22. The Labute approximate surface area is 167 Å². The summed E-state index contributed by atoms with van der Waals surface area (Å²) in [4.78, 5) is 0. The molecule has 0 aliphatic carbocycles. The van der Waals surface area contributed by atoms with Gasteiger partial charge in [0.1, 0.15) is 0 Å². The first-order chi connectivity index (χ1) is 13.1. The third-order valence-corrected chi connectivity index (χ3v) is 5.38. The van der Waals surface area contributed by atoms with Crippen LogP contribution in [0.15, 0.2) is 60.7 Å². The molecule has 0 spiro atoms. The van der Waals surface area contributed by atoms with Crippen molar-refractivity contribution in [3.63, 3.8) is 0 Å². The first-order valence-corrected chi connectivity index (χ1v) is 12.6. The average Bonchev–Trinajstić information content (AvgIpc) is 2.62. The van der Waals surface area contributed by atoms with Gasteiger partial charge in [0.05, 0.1) is 25.2 Å². The van der Waals surface area contributed by atoms with E-state index in [0.29, 0.717) is 19.3 Å². The van der Waals surface area contributed by atoms with Crippen molar-refractivity contribution < 1.29 is 25.2 Å². The van der Waals surface area contributed by atoms with E-state index in [2.05, 4.69) is 0 Å². The molecule has 8 heteroatoms. The lowest BCUT2D eigenvalue weighted by Crippen LogP contribution is -2.33. The topological polar surface area (TPSA) is 86.7 Å². The largest absolute Gasteiger partial charge is 0.270 e. The molecule has 0 amide bonds. The second-order valence-electron chi connectivity index (χ2n) is 6.80. The molecule has 0 N–H and O–H groups in total. The monoisotopic (exact) mass is 426 g/mol. The smallest absolute Gasteiger partial charge is 0.264 e. The Kier molecular flexibility index (Phi) is 8.18. The zero-order valence-corrected chi connectivity index (χ0v) is 17.7. The highest BCUT2D eigenvalue weighted by Gasteiger charge is 2.28. The number of hydrogen-bond donors (Lipinski definition) is 0. The molecule has 2 aromatic carbocycles. The summed E-state index contributed by atoms with van der Waals surface area (Å²) in [5, 5.41) is 0. The summed E-state index contributed by atoms with van der Waals surface area (Å²) in [5.41, 5.74) is 2.00. The third kappa shape index (κ3) is 8.97. The first kappa shape index (κ1) is 22.5. The van der Waals surface area contributed by atoms with Crippen LogP contribution in [0.25, 0.3) is 0 Å². The Morgan fingerprint density at radius 2 is 1.32 bits per heavy atom. The van der Waals surface area contributed by atoms with Gasteiger partial charge in [-0.3, -0.25) is 8.37 Å². The summed E-state index contributed by atoms with van der Waals surface area (Å²) in [5.74, 6) is -0.449. The van der Waals surface area contributed by atoms with E-state index in [1.807, 2.05) is 60.7 Å². The molecular weight excluding hydrogens is 400 g/mol. The zero-order valence-electron chi connectivity index (χ0n) is 16.0. The van der Waals surface area contributed by atoms with E-state index in [1.165, 1.54) is 0 Å². The highest BCUT2D eigenvalue weighted by molar-refractivity contribution is 7.86. The van der Waals surface area contributed by atoms with Gasteiger partial charge in [-0.25, -0.2) is 0 Å². The van der Waals surface area contributed by atoms with Crippen LogP contribution in [0.4, 0.5) is 0 Å². The predicted molar refractivity (Wildman–Crippen MR) is 109 cm³/mol. The molecule has 0 aliphatic rings. The molecule has 0 saturated heterocycles. The van der Waals surface area contributed by atoms with E-state index >= 15 is 0 Å². The van der Waals surface area contributed by atoms with Gasteiger partial charge in [0, 0.05) is 5.92 Å². The molecular formula is C20H26O6S2. The molecule has 6 nitrogen and oxygen atoms in total. The molecule has 0 aromatic heterocycles. The van der Waals surface area contributed by atoms with Crippen molar-refractivity contribution in [1.82, 2.24) is 0 Å². The van der Waals surface area contributed by atoms with Crippen molar-refractivity contribution >= 4 is 20.2 Å². The van der Waals surface area contributed by atoms with Crippen molar-refractivity contribution in [3.8, 4) is 0 Å². The minimum atomic E-state index is -3.72. The Hall–Kier alpha value is -1.74. The Balaban J connectivity index is 2.23. The van der Waals surface area contributed by atoms with Crippen molar-refractivity contribution in [2.24, 2.45) is 5.92 Å². The summed E-state index contributed by atoms with van der Waals surface area (Å²) in [6, 6.07) is 19.1. The highest BCUT2D eigenvalue weighted by atomic mass is 32.2. The van der Waals surface area contributed by atoms with Crippen LogP contribution in [0.5, 0.6) is 0 Å². The molecule has 0 heterocycles. The lowest BCUT2D eigenvalue weighted by molar-refractivity contribution is 0.0969. The van der Waals surface area contributed by atoms with Crippen molar-refractivity contribution in [2.45, 2.75) is 25.4 Å². The highest BCUT2D eigenvalue weighted by Crippen LogP contribution is 2.22. The molecule has 2 aromatic rings. The van der Waals surface area contributed by atoms with Crippen LogP contribution in [0, 0.1) is 5.92 Å². The van der Waals surface area contributed by atoms with E-state index in [4.69, 9.17) is 8.37 Å². The summed E-state index contributed by atoms with van der Waals surface area (Å²) in [6.07, 6.45) is 2.72. The first-order valence-electron chi connectivity index (χ1n) is 8.93. The molecule has 0 unspecified atom stereocenters. The van der Waals surface area contributed by atoms with Gasteiger partial charge in [0.15, 0.2) is 0 Å². The van der Waals surface area contributed by atoms with Crippen molar-refractivity contribution in [1.29, 1.82) is 0 Å². The molecule has 0 radical (unpaired) electrons. The second kappa shape index (κ2) is 10.2. The van der Waals surface area contributed by atoms with E-state index < -0.39 is 32.3 Å². The second-order valence-corrected chi connectivity index (χ2v) is 10.0. The van der Waals surface area contributed by atoms with Gasteiger partial charge in [-0.1, -0.05) is 60.7 Å². The van der Waals surface area contributed by atoms with Gasteiger partial charge >= 0.3 is 0 Å². The van der Waals surface area contributed by atoms with Crippen LogP contribution >= 0.6 is 0 Å². The maximum absolute atomic E-state index is 11.8. The molecule has 0 aliphatic heterocycles. The standard InChI is InChI=1S/C20H26O6S2/c1-27(21,22)25-16-19(15-18-11-7-4-8-12-18)20(26-28(2,23)24)14-13-17-9-5-3-6-10-17/h3-12,19-20H,13-16H2,1-2H3/t19-,20+/m1/s1. The summed E-state index contributed by atoms with van der Waals surface area (Å²) >= 11 is 0. The number of aryl methyl sites for hydroxylation is 1. The maximum atomic E-state index is 11.8. The fraction of sp³-hybridized carbons (Fsp3) is 0.400. The average molecular weight is 427 g/mol. The van der Waals surface area contributed by atoms with Gasteiger partial charge in [-0.2, -0.15) is 16.8 Å². The van der Waals surface area contributed by atoms with Gasteiger partial charge in [0.25, 0.3) is 20.2 Å². The predicted octanol–water partition coefficient (Wildman–Crippen LogP) is 2.80. The van der Waals surface area contributed by atoms with Crippen LogP contribution in [0.2, 0.25) is 0 Å². The molecule has 28 heavy (non-hydrogen) atoms. The number of hydrogen-bond acceptors (Lipinski definition) is 6. The van der Waals surface area contributed by atoms with Crippen LogP contribution in [-0.2, 0) is 41.4 Å². The summed E-state index contributed by atoms with van der Waals surface area (Å²) < 4.78 is 57.0. The van der Waals surface area contributed by atoms with E-state index in [0.717, 1.165) is 23.6 Å². The van der Waals surface area contributed by atoms with E-state index in [-0.39, 0.29) is 6.61 Å². The molecule has 0 bridgehead atoms. The van der Waals surface area contributed by atoms with E-state index in [9.17, 15) is 16.8 Å². The SMILES string of the molecule is CS(=O)(=O)OC[C@@H](Cc1ccccc1)[C@H](CCc1ccccc1)OS(C)(=O)=O. The molecule has 2 atom stereocenters. The summed E-state index contributed by atoms with van der Waals surface area (Å²) in [6.45, 7) is -0.150. The fourth-order valence-electron chi connectivity index (χ4n) is 2.97. The molecule has 2 rings (SSSR count). The Morgan fingerprint density at radius 3 is 1.82 bits per heavy atom. The number of rotatable bonds is 11. The molecule has 0 saturated carbocycles. The van der Waals surface area contributed by atoms with Gasteiger partial charge in [-0.15, -0.1) is 0 Å². The minimum Gasteiger partial charge on any atom is -0.270 e. The molecule has 154 valence electrons. The van der Waals surface area contributed by atoms with Gasteiger partial charge in [0.2, 0.25) is 0 Å². The number of benzene rings is 2. The minimum absolute atomic E-state index is 0.150. The van der Waals surface area contributed by atoms with Crippen LogP contribution in [0.1, 0.15) is 17.5 Å². The quantitative estimate of drug-likeness (QED) is 0.514. The fourth-order valence-corrected chi connectivity index (χ4v) is 4.09. The lowest BCUT2D eigenvalue weighted by Gasteiger charge is -2.26.